The van der Waals surface area contributed by atoms with E-state index in [4.69, 9.17) is 4.74 Å². The molecule has 0 saturated carbocycles. The summed E-state index contributed by atoms with van der Waals surface area (Å²) in [6.45, 7) is 2.26. The maximum absolute atomic E-state index is 13.4. The second kappa shape index (κ2) is 8.45. The Balaban J connectivity index is 1.89. The molecule has 7 nitrogen and oxygen atoms in total. The van der Waals surface area contributed by atoms with E-state index in [1.54, 1.807) is 0 Å². The summed E-state index contributed by atoms with van der Waals surface area (Å²) in [5.74, 6) is -0.960. The molecule has 0 radical (unpaired) electrons. The van der Waals surface area contributed by atoms with E-state index in [2.05, 4.69) is 5.32 Å². The number of carbonyl (C=O) groups excluding carboxylic acids is 2. The van der Waals surface area contributed by atoms with E-state index in [9.17, 15) is 31.2 Å². The molecule has 0 fully saturated rings. The van der Waals surface area contributed by atoms with Gasteiger partial charge >= 0.3 is 6.18 Å². The molecule has 0 saturated heterocycles. The highest BCUT2D eigenvalue weighted by molar-refractivity contribution is 7.90. The lowest BCUT2D eigenvalue weighted by Crippen LogP contribution is -2.41. The van der Waals surface area contributed by atoms with Crippen LogP contribution in [0.3, 0.4) is 0 Å². The first-order valence-electron chi connectivity index (χ1n) is 9.82. The van der Waals surface area contributed by atoms with Crippen LogP contribution in [-0.4, -0.2) is 44.7 Å². The Labute approximate surface area is 189 Å². The number of fused-ring (bicyclic) bond motifs is 1. The van der Waals surface area contributed by atoms with Gasteiger partial charge < -0.3 is 15.0 Å². The van der Waals surface area contributed by atoms with Crippen molar-refractivity contribution < 1.29 is 35.9 Å². The van der Waals surface area contributed by atoms with Crippen molar-refractivity contribution >= 4 is 27.3 Å². The molecule has 2 unspecified atom stereocenters. The van der Waals surface area contributed by atoms with Crippen molar-refractivity contribution in [2.75, 3.05) is 18.7 Å². The summed E-state index contributed by atoms with van der Waals surface area (Å²) in [5, 5.41) is 2.62. The van der Waals surface area contributed by atoms with Gasteiger partial charge in [0, 0.05) is 32.5 Å². The lowest BCUT2D eigenvalue weighted by Gasteiger charge is -2.31. The summed E-state index contributed by atoms with van der Waals surface area (Å²) in [6.07, 6.45) is -3.58. The highest BCUT2D eigenvalue weighted by Crippen LogP contribution is 2.42. The minimum absolute atomic E-state index is 0.0584. The quantitative estimate of drug-likeness (QED) is 0.701. The second-order valence-electron chi connectivity index (χ2n) is 7.98. The number of halogens is 3. The molecule has 2 aromatic carbocycles. The number of hydrogen-bond donors (Lipinski definition) is 1. The predicted molar refractivity (Wildman–Crippen MR) is 114 cm³/mol. The Bertz CT molecular complexity index is 1200. The van der Waals surface area contributed by atoms with Crippen LogP contribution in [0.15, 0.2) is 47.4 Å². The molecule has 33 heavy (non-hydrogen) atoms. The summed E-state index contributed by atoms with van der Waals surface area (Å²) in [4.78, 5) is 26.6. The van der Waals surface area contributed by atoms with Crippen LogP contribution in [0.5, 0.6) is 0 Å². The van der Waals surface area contributed by atoms with Gasteiger partial charge in [0.05, 0.1) is 4.90 Å². The number of carbonyl (C=O) groups is 2. The molecule has 0 aliphatic carbocycles. The van der Waals surface area contributed by atoms with E-state index in [0.717, 1.165) is 20.3 Å². The minimum atomic E-state index is -4.65. The topological polar surface area (TPSA) is 92.8 Å². The van der Waals surface area contributed by atoms with Crippen molar-refractivity contribution in [3.8, 4) is 0 Å². The lowest BCUT2D eigenvalue weighted by atomic mass is 9.95. The molecule has 2 amide bonds. The van der Waals surface area contributed by atoms with Crippen molar-refractivity contribution in [1.82, 2.24) is 4.90 Å². The maximum atomic E-state index is 13.4. The molecule has 178 valence electrons. The molecular formula is C22H23F3N2O5S. The molecular weight excluding hydrogens is 461 g/mol. The van der Waals surface area contributed by atoms with E-state index in [1.807, 2.05) is 0 Å². The normalized spacial score (nSPS) is 17.9. The van der Waals surface area contributed by atoms with Crippen LogP contribution < -0.4 is 5.32 Å². The van der Waals surface area contributed by atoms with Crippen LogP contribution in [0.4, 0.5) is 18.9 Å². The van der Waals surface area contributed by atoms with Crippen LogP contribution in [0, 0.1) is 0 Å². The molecule has 3 rings (SSSR count). The molecule has 2 aromatic rings. The smallest absolute Gasteiger partial charge is 0.364 e. The zero-order valence-electron chi connectivity index (χ0n) is 18.4. The molecule has 1 N–H and O–H groups in total. The predicted octanol–water partition coefficient (Wildman–Crippen LogP) is 3.56. The Kier molecular flexibility index (Phi) is 6.33. The summed E-state index contributed by atoms with van der Waals surface area (Å²) in [7, 11) is -2.51. The first-order valence-corrected chi connectivity index (χ1v) is 11.7. The zero-order chi connectivity index (χ0) is 24.8. The highest BCUT2D eigenvalue weighted by atomic mass is 32.2. The van der Waals surface area contributed by atoms with Crippen molar-refractivity contribution in [2.45, 2.75) is 43.1 Å². The van der Waals surface area contributed by atoms with Gasteiger partial charge in [-0.15, -0.1) is 0 Å². The maximum Gasteiger partial charge on any atom is 0.421 e. The number of nitrogens with zero attached hydrogens (tertiary/aromatic N) is 1. The van der Waals surface area contributed by atoms with E-state index in [0.29, 0.717) is 11.1 Å². The molecule has 2 atom stereocenters. The van der Waals surface area contributed by atoms with Crippen molar-refractivity contribution in [3.05, 3.63) is 59.2 Å². The number of alkyl halides is 3. The molecule has 1 heterocycles. The number of methoxy groups -OCH3 is 1. The van der Waals surface area contributed by atoms with E-state index in [1.165, 1.54) is 54.3 Å². The Morgan fingerprint density at radius 3 is 2.21 bits per heavy atom. The fourth-order valence-electron chi connectivity index (χ4n) is 3.71. The number of anilines is 1. The first-order chi connectivity index (χ1) is 15.2. The van der Waals surface area contributed by atoms with Gasteiger partial charge in [0.15, 0.2) is 15.4 Å². The van der Waals surface area contributed by atoms with Crippen molar-refractivity contribution in [3.63, 3.8) is 0 Å². The number of nitrogens with one attached hydrogen (secondary N) is 1. The van der Waals surface area contributed by atoms with Crippen LogP contribution in [-0.2, 0) is 36.3 Å². The average Bonchev–Trinajstić information content (AvgIpc) is 3.11. The van der Waals surface area contributed by atoms with Gasteiger partial charge in [-0.25, -0.2) is 8.42 Å². The van der Waals surface area contributed by atoms with E-state index in [-0.39, 0.29) is 28.6 Å². The summed E-state index contributed by atoms with van der Waals surface area (Å²) >= 11 is 0. The third kappa shape index (κ3) is 4.60. The third-order valence-corrected chi connectivity index (χ3v) is 6.91. The van der Waals surface area contributed by atoms with E-state index >= 15 is 0 Å². The Hall–Kier alpha value is -2.92. The number of hydrogen-bond acceptors (Lipinski definition) is 5. The first kappa shape index (κ1) is 24.7. The fraction of sp³-hybridized carbons (Fsp3) is 0.364. The van der Waals surface area contributed by atoms with Crippen LogP contribution >= 0.6 is 0 Å². The minimum Gasteiger partial charge on any atom is -0.364 e. The number of sulfone groups is 1. The third-order valence-electron chi connectivity index (χ3n) is 5.79. The number of rotatable bonds is 5. The van der Waals surface area contributed by atoms with Gasteiger partial charge in [-0.2, -0.15) is 13.2 Å². The number of amides is 2. The fourth-order valence-corrected chi connectivity index (χ4v) is 4.39. The molecule has 0 aromatic heterocycles. The van der Waals surface area contributed by atoms with Gasteiger partial charge in [0.25, 0.3) is 5.91 Å². The zero-order valence-corrected chi connectivity index (χ0v) is 19.2. The molecule has 11 heteroatoms. The largest absolute Gasteiger partial charge is 0.421 e. The van der Waals surface area contributed by atoms with Gasteiger partial charge in [-0.05, 0) is 47.9 Å². The molecule has 0 bridgehead atoms. The standard InChI is InChI=1S/C22H23F3N2O5S/c1-13(28)27-12-14-11-17(33(4,30)31)9-10-18(14)19(27)20(29)26-16-7-5-15(6-8-16)21(2,32-3)22(23,24)25/h5-11,19H,12H2,1-4H3,(H,26,29). The summed E-state index contributed by atoms with van der Waals surface area (Å²) in [6, 6.07) is 8.34. The van der Waals surface area contributed by atoms with Gasteiger partial charge in [0.2, 0.25) is 5.91 Å². The highest BCUT2D eigenvalue weighted by Gasteiger charge is 2.53. The van der Waals surface area contributed by atoms with Crippen molar-refractivity contribution in [2.24, 2.45) is 0 Å². The molecule has 1 aliphatic rings. The molecule has 1 aliphatic heterocycles. The Morgan fingerprint density at radius 2 is 1.73 bits per heavy atom. The van der Waals surface area contributed by atoms with E-state index < -0.39 is 33.6 Å². The average molecular weight is 484 g/mol. The second-order valence-corrected chi connectivity index (χ2v) is 10.00. The van der Waals surface area contributed by atoms with Gasteiger partial charge in [-0.3, -0.25) is 9.59 Å². The number of benzene rings is 2. The van der Waals surface area contributed by atoms with Gasteiger partial charge in [0.1, 0.15) is 6.04 Å². The monoisotopic (exact) mass is 484 g/mol. The summed E-state index contributed by atoms with van der Waals surface area (Å²) < 4.78 is 68.6. The van der Waals surface area contributed by atoms with Gasteiger partial charge in [-0.1, -0.05) is 18.2 Å². The van der Waals surface area contributed by atoms with Crippen LogP contribution in [0.25, 0.3) is 0 Å². The van der Waals surface area contributed by atoms with Crippen molar-refractivity contribution in [1.29, 1.82) is 0 Å². The van der Waals surface area contributed by atoms with Crippen LogP contribution in [0.2, 0.25) is 0 Å². The lowest BCUT2D eigenvalue weighted by molar-refractivity contribution is -0.269. The summed E-state index contributed by atoms with van der Waals surface area (Å²) in [5.41, 5.74) is -1.40. The Morgan fingerprint density at radius 1 is 1.12 bits per heavy atom. The number of ether oxygens (including phenoxy) is 1. The SMILES string of the molecule is COC(C)(c1ccc(NC(=O)C2c3ccc(S(C)(=O)=O)cc3CN2C(C)=O)cc1)C(F)(F)F. The molecule has 0 spiro atoms. The van der Waals surface area contributed by atoms with Crippen LogP contribution in [0.1, 0.15) is 36.6 Å².